The summed E-state index contributed by atoms with van der Waals surface area (Å²) in [5.41, 5.74) is 2.29. The van der Waals surface area contributed by atoms with Crippen LogP contribution in [0.25, 0.3) is 0 Å². The van der Waals surface area contributed by atoms with E-state index in [1.165, 1.54) is 10.4 Å². The summed E-state index contributed by atoms with van der Waals surface area (Å²) in [6.45, 7) is 4.33. The van der Waals surface area contributed by atoms with Crippen molar-refractivity contribution in [3.63, 3.8) is 0 Å². The molecule has 0 radical (unpaired) electrons. The first-order chi connectivity index (χ1) is 16.2. The molecule has 2 heterocycles. The van der Waals surface area contributed by atoms with Crippen molar-refractivity contribution in [3.8, 4) is 0 Å². The van der Waals surface area contributed by atoms with E-state index >= 15 is 0 Å². The third-order valence-electron chi connectivity index (χ3n) is 6.56. The fourth-order valence-electron chi connectivity index (χ4n) is 4.29. The minimum Gasteiger partial charge on any atom is -0.342 e. The number of rotatable bonds is 6. The average Bonchev–Trinajstić information content (AvgIpc) is 3.25. The summed E-state index contributed by atoms with van der Waals surface area (Å²) in [5, 5.41) is 2.96. The highest BCUT2D eigenvalue weighted by molar-refractivity contribution is 7.89. The van der Waals surface area contributed by atoms with E-state index in [2.05, 4.69) is 10.3 Å². The molecule has 1 saturated heterocycles. The molecule has 9 heteroatoms. The van der Waals surface area contributed by atoms with E-state index in [-0.39, 0.29) is 29.8 Å². The number of nitrogens with zero attached hydrogens (tertiary/aromatic N) is 3. The number of imidazole rings is 1. The fraction of sp³-hybridized carbons (Fsp3) is 0.360. The van der Waals surface area contributed by atoms with Crippen LogP contribution >= 0.6 is 0 Å². The zero-order valence-electron chi connectivity index (χ0n) is 19.5. The van der Waals surface area contributed by atoms with Crippen molar-refractivity contribution in [2.45, 2.75) is 37.6 Å². The fourth-order valence-corrected chi connectivity index (χ4v) is 5.84. The van der Waals surface area contributed by atoms with Crippen molar-refractivity contribution >= 4 is 15.9 Å². The van der Waals surface area contributed by atoms with Gasteiger partial charge in [0.2, 0.25) is 15.9 Å². The average molecular weight is 485 g/mol. The van der Waals surface area contributed by atoms with E-state index in [1.807, 2.05) is 19.9 Å². The molecule has 0 bridgehead atoms. The Morgan fingerprint density at radius 3 is 2.44 bits per heavy atom. The Bertz CT molecular complexity index is 1300. The lowest BCUT2D eigenvalue weighted by Gasteiger charge is -2.31. The molecule has 1 amide bonds. The van der Waals surface area contributed by atoms with Crippen LogP contribution < -0.4 is 5.32 Å². The highest BCUT2D eigenvalue weighted by Gasteiger charge is 2.34. The Balaban J connectivity index is 1.47. The second kappa shape index (κ2) is 9.68. The molecular formula is C25H29FN4O3S. The van der Waals surface area contributed by atoms with Gasteiger partial charge in [-0.15, -0.1) is 0 Å². The number of nitrogens with one attached hydrogen (secondary N) is 1. The van der Waals surface area contributed by atoms with Crippen LogP contribution in [0.3, 0.4) is 0 Å². The van der Waals surface area contributed by atoms with Gasteiger partial charge >= 0.3 is 0 Å². The maximum absolute atomic E-state index is 14.6. The molecule has 3 aromatic rings. The van der Waals surface area contributed by atoms with E-state index in [0.717, 1.165) is 11.1 Å². The number of hydrogen-bond donors (Lipinski definition) is 1. The SMILES string of the molecule is Cc1ccc(S(=O)(=O)N2CCC(C(=O)N[C@@H](c3ccccc3F)c3nccn3C)CC2)cc1C. The van der Waals surface area contributed by atoms with Crippen LogP contribution in [0.5, 0.6) is 0 Å². The summed E-state index contributed by atoms with van der Waals surface area (Å²) in [4.78, 5) is 17.8. The summed E-state index contributed by atoms with van der Waals surface area (Å²) in [5.74, 6) is -0.515. The normalized spacial score (nSPS) is 16.4. The Labute approximate surface area is 199 Å². The predicted molar refractivity (Wildman–Crippen MR) is 127 cm³/mol. The molecule has 1 aromatic heterocycles. The maximum Gasteiger partial charge on any atom is 0.243 e. The van der Waals surface area contributed by atoms with Crippen LogP contribution in [0.15, 0.2) is 59.8 Å². The van der Waals surface area contributed by atoms with Crippen molar-refractivity contribution in [1.82, 2.24) is 19.2 Å². The van der Waals surface area contributed by atoms with Crippen LogP contribution in [0.2, 0.25) is 0 Å². The lowest BCUT2D eigenvalue weighted by Crippen LogP contribution is -2.44. The Hall–Kier alpha value is -3.04. The van der Waals surface area contributed by atoms with Crippen molar-refractivity contribution < 1.29 is 17.6 Å². The van der Waals surface area contributed by atoms with Crippen molar-refractivity contribution in [1.29, 1.82) is 0 Å². The summed E-state index contributed by atoms with van der Waals surface area (Å²) in [6, 6.07) is 10.7. The first-order valence-electron chi connectivity index (χ1n) is 11.3. The predicted octanol–water partition coefficient (Wildman–Crippen LogP) is 3.48. The minimum absolute atomic E-state index is 0.237. The van der Waals surface area contributed by atoms with E-state index in [0.29, 0.717) is 24.2 Å². The number of hydrogen-bond acceptors (Lipinski definition) is 4. The van der Waals surface area contributed by atoms with Gasteiger partial charge in [0.1, 0.15) is 17.7 Å². The number of benzene rings is 2. The number of carbonyl (C=O) groups excluding carboxylic acids is 1. The van der Waals surface area contributed by atoms with Gasteiger partial charge in [-0.25, -0.2) is 17.8 Å². The van der Waals surface area contributed by atoms with Crippen LogP contribution in [-0.2, 0) is 21.9 Å². The Morgan fingerprint density at radius 2 is 1.82 bits per heavy atom. The van der Waals surface area contributed by atoms with Gasteiger partial charge in [-0.1, -0.05) is 24.3 Å². The molecule has 180 valence electrons. The van der Waals surface area contributed by atoms with Crippen LogP contribution in [0, 0.1) is 25.6 Å². The molecule has 2 aromatic carbocycles. The van der Waals surface area contributed by atoms with Gasteiger partial charge in [-0.05, 0) is 56.0 Å². The van der Waals surface area contributed by atoms with E-state index in [9.17, 15) is 17.6 Å². The van der Waals surface area contributed by atoms with Crippen LogP contribution in [-0.4, -0.2) is 41.3 Å². The largest absolute Gasteiger partial charge is 0.342 e. The highest BCUT2D eigenvalue weighted by atomic mass is 32.2. The van der Waals surface area contributed by atoms with Crippen molar-refractivity contribution in [2.24, 2.45) is 13.0 Å². The first kappa shape index (κ1) is 24.1. The number of sulfonamides is 1. The summed E-state index contributed by atoms with van der Waals surface area (Å²) in [7, 11) is -1.83. The van der Waals surface area contributed by atoms with Gasteiger partial charge in [-0.3, -0.25) is 4.79 Å². The van der Waals surface area contributed by atoms with Crippen molar-refractivity contribution in [2.75, 3.05) is 13.1 Å². The second-order valence-electron chi connectivity index (χ2n) is 8.78. The summed E-state index contributed by atoms with van der Waals surface area (Å²) < 4.78 is 44.0. The number of aryl methyl sites for hydroxylation is 3. The molecular weight excluding hydrogens is 455 g/mol. The third kappa shape index (κ3) is 4.76. The van der Waals surface area contributed by atoms with Crippen LogP contribution in [0.4, 0.5) is 4.39 Å². The number of halogens is 1. The quantitative estimate of drug-likeness (QED) is 0.581. The highest BCUT2D eigenvalue weighted by Crippen LogP contribution is 2.28. The van der Waals surface area contributed by atoms with Gasteiger partial charge in [-0.2, -0.15) is 4.31 Å². The molecule has 4 rings (SSSR count). The van der Waals surface area contributed by atoms with E-state index in [1.54, 1.807) is 54.3 Å². The molecule has 1 fully saturated rings. The summed E-state index contributed by atoms with van der Waals surface area (Å²) in [6.07, 6.45) is 4.12. The number of aromatic nitrogens is 2. The second-order valence-corrected chi connectivity index (χ2v) is 10.7. The molecule has 1 aliphatic rings. The number of carbonyl (C=O) groups is 1. The molecule has 1 atom stereocenters. The van der Waals surface area contributed by atoms with E-state index < -0.39 is 21.9 Å². The Kier molecular flexibility index (Phi) is 6.86. The van der Waals surface area contributed by atoms with E-state index in [4.69, 9.17) is 0 Å². The minimum atomic E-state index is -3.62. The molecule has 0 spiro atoms. The zero-order valence-corrected chi connectivity index (χ0v) is 20.3. The van der Waals surface area contributed by atoms with Gasteiger partial charge in [0.15, 0.2) is 0 Å². The Morgan fingerprint density at radius 1 is 1.12 bits per heavy atom. The van der Waals surface area contributed by atoms with Gasteiger partial charge in [0.25, 0.3) is 0 Å². The van der Waals surface area contributed by atoms with Gasteiger partial charge in [0, 0.05) is 44.0 Å². The van der Waals surface area contributed by atoms with Gasteiger partial charge in [0.05, 0.1) is 4.90 Å². The maximum atomic E-state index is 14.6. The third-order valence-corrected chi connectivity index (χ3v) is 8.45. The molecule has 1 N–H and O–H groups in total. The molecule has 1 aliphatic heterocycles. The topological polar surface area (TPSA) is 84.3 Å². The standard InChI is InChI=1S/C25H29FN4O3S/c1-17-8-9-20(16-18(17)2)34(32,33)30-13-10-19(11-14-30)25(31)28-23(24-27-12-15-29(24)3)21-6-4-5-7-22(21)26/h4-9,12,15-16,19,23H,10-11,13-14H2,1-3H3,(H,28,31)/t23-/m0/s1. The monoisotopic (exact) mass is 484 g/mol. The zero-order chi connectivity index (χ0) is 24.5. The summed E-state index contributed by atoms with van der Waals surface area (Å²) >= 11 is 0. The molecule has 34 heavy (non-hydrogen) atoms. The van der Waals surface area contributed by atoms with Gasteiger partial charge < -0.3 is 9.88 Å². The first-order valence-corrected chi connectivity index (χ1v) is 12.7. The molecule has 7 nitrogen and oxygen atoms in total. The smallest absolute Gasteiger partial charge is 0.243 e. The lowest BCUT2D eigenvalue weighted by atomic mass is 9.96. The molecule has 0 aliphatic carbocycles. The lowest BCUT2D eigenvalue weighted by molar-refractivity contribution is -0.126. The molecule has 0 saturated carbocycles. The van der Waals surface area contributed by atoms with Crippen molar-refractivity contribution in [3.05, 3.63) is 83.2 Å². The van der Waals surface area contributed by atoms with Crippen LogP contribution in [0.1, 0.15) is 41.4 Å². The molecule has 0 unspecified atom stereocenters. The number of piperidine rings is 1. The number of amides is 1.